The van der Waals surface area contributed by atoms with Crippen molar-refractivity contribution in [3.63, 3.8) is 0 Å². The topological polar surface area (TPSA) is 54.4 Å². The van der Waals surface area contributed by atoms with E-state index in [1.807, 2.05) is 13.0 Å². The molecule has 0 radical (unpaired) electrons. The number of pyridine rings is 1. The average Bonchev–Trinajstić information content (AvgIpc) is 2.18. The number of aliphatic hydroxyl groups excluding tert-OH is 1. The zero-order valence-corrected chi connectivity index (χ0v) is 7.82. The van der Waals surface area contributed by atoms with E-state index in [1.165, 1.54) is 0 Å². The third-order valence-electron chi connectivity index (χ3n) is 1.63. The summed E-state index contributed by atoms with van der Waals surface area (Å²) in [5, 5.41) is 11.9. The minimum Gasteiger partial charge on any atom is -0.481 e. The van der Waals surface area contributed by atoms with Crippen molar-refractivity contribution in [3.05, 3.63) is 18.3 Å². The third-order valence-corrected chi connectivity index (χ3v) is 1.63. The Kier molecular flexibility index (Phi) is 3.52. The number of methoxy groups -OCH3 is 1. The maximum absolute atomic E-state index is 8.81. The standard InChI is InChI=1S/C9H14N2O2/c1-7(6-12)11-8-3-4-10-9(5-8)13-2/h3-5,7,12H,6H2,1-2H3,(H,10,11). The largest absolute Gasteiger partial charge is 0.481 e. The Balaban J connectivity index is 2.66. The number of nitrogens with zero attached hydrogens (tertiary/aromatic N) is 1. The first-order chi connectivity index (χ1) is 6.26. The van der Waals surface area contributed by atoms with Crippen LogP contribution >= 0.6 is 0 Å². The zero-order chi connectivity index (χ0) is 9.68. The van der Waals surface area contributed by atoms with Gasteiger partial charge in [0.05, 0.1) is 13.7 Å². The molecule has 0 fully saturated rings. The molecular weight excluding hydrogens is 168 g/mol. The lowest BCUT2D eigenvalue weighted by atomic mass is 10.3. The van der Waals surface area contributed by atoms with E-state index in [4.69, 9.17) is 9.84 Å². The van der Waals surface area contributed by atoms with Gasteiger partial charge in [0, 0.05) is 24.0 Å². The molecule has 1 unspecified atom stereocenters. The number of aromatic nitrogens is 1. The van der Waals surface area contributed by atoms with E-state index < -0.39 is 0 Å². The molecule has 0 amide bonds. The maximum Gasteiger partial charge on any atom is 0.214 e. The number of hydrogen-bond acceptors (Lipinski definition) is 4. The summed E-state index contributed by atoms with van der Waals surface area (Å²) in [6, 6.07) is 3.65. The van der Waals surface area contributed by atoms with Crippen LogP contribution in [0.15, 0.2) is 18.3 Å². The fourth-order valence-electron chi connectivity index (χ4n) is 0.941. The fourth-order valence-corrected chi connectivity index (χ4v) is 0.941. The van der Waals surface area contributed by atoms with Gasteiger partial charge in [-0.25, -0.2) is 4.98 Å². The number of ether oxygens (including phenoxy) is 1. The summed E-state index contributed by atoms with van der Waals surface area (Å²) >= 11 is 0. The Morgan fingerprint density at radius 2 is 2.46 bits per heavy atom. The van der Waals surface area contributed by atoms with Crippen molar-refractivity contribution < 1.29 is 9.84 Å². The van der Waals surface area contributed by atoms with Gasteiger partial charge in [0.1, 0.15) is 0 Å². The van der Waals surface area contributed by atoms with Crippen LogP contribution in [0.25, 0.3) is 0 Å². The molecule has 0 spiro atoms. The highest BCUT2D eigenvalue weighted by Gasteiger charge is 2.00. The molecule has 0 aliphatic heterocycles. The Hall–Kier alpha value is -1.29. The van der Waals surface area contributed by atoms with Crippen molar-refractivity contribution in [3.8, 4) is 5.88 Å². The highest BCUT2D eigenvalue weighted by Crippen LogP contribution is 2.13. The van der Waals surface area contributed by atoms with Gasteiger partial charge in [-0.1, -0.05) is 0 Å². The van der Waals surface area contributed by atoms with E-state index in [2.05, 4.69) is 10.3 Å². The van der Waals surface area contributed by atoms with Crippen molar-refractivity contribution in [2.75, 3.05) is 19.0 Å². The van der Waals surface area contributed by atoms with Crippen LogP contribution < -0.4 is 10.1 Å². The number of nitrogens with one attached hydrogen (secondary N) is 1. The van der Waals surface area contributed by atoms with Crippen LogP contribution in [0.2, 0.25) is 0 Å². The molecule has 1 aromatic rings. The average molecular weight is 182 g/mol. The third kappa shape index (κ3) is 2.91. The van der Waals surface area contributed by atoms with E-state index in [0.29, 0.717) is 5.88 Å². The van der Waals surface area contributed by atoms with Gasteiger partial charge in [-0.3, -0.25) is 0 Å². The molecule has 4 nitrogen and oxygen atoms in total. The molecule has 1 heterocycles. The van der Waals surface area contributed by atoms with Gasteiger partial charge in [-0.2, -0.15) is 0 Å². The number of hydrogen-bond donors (Lipinski definition) is 2. The molecule has 2 N–H and O–H groups in total. The Morgan fingerprint density at radius 3 is 3.08 bits per heavy atom. The molecule has 0 saturated carbocycles. The minimum atomic E-state index is 0.0344. The molecule has 4 heteroatoms. The van der Waals surface area contributed by atoms with Crippen LogP contribution in [-0.2, 0) is 0 Å². The van der Waals surface area contributed by atoms with Crippen molar-refractivity contribution in [1.29, 1.82) is 0 Å². The monoisotopic (exact) mass is 182 g/mol. The fraction of sp³-hybridized carbons (Fsp3) is 0.444. The van der Waals surface area contributed by atoms with E-state index >= 15 is 0 Å². The van der Waals surface area contributed by atoms with Gasteiger partial charge >= 0.3 is 0 Å². The zero-order valence-electron chi connectivity index (χ0n) is 7.82. The van der Waals surface area contributed by atoms with Crippen LogP contribution in [-0.4, -0.2) is 29.8 Å². The first-order valence-corrected chi connectivity index (χ1v) is 4.13. The summed E-state index contributed by atoms with van der Waals surface area (Å²) in [4.78, 5) is 3.97. The van der Waals surface area contributed by atoms with Crippen LogP contribution in [0.1, 0.15) is 6.92 Å². The SMILES string of the molecule is COc1cc(NC(C)CO)ccn1. The van der Waals surface area contributed by atoms with Gasteiger partial charge in [-0.15, -0.1) is 0 Å². The lowest BCUT2D eigenvalue weighted by molar-refractivity contribution is 0.281. The van der Waals surface area contributed by atoms with E-state index in [-0.39, 0.29) is 12.6 Å². The molecule has 0 aliphatic carbocycles. The Morgan fingerprint density at radius 1 is 1.69 bits per heavy atom. The second-order valence-corrected chi connectivity index (χ2v) is 2.81. The van der Waals surface area contributed by atoms with E-state index in [1.54, 1.807) is 19.4 Å². The summed E-state index contributed by atoms with van der Waals surface area (Å²) in [5.41, 5.74) is 0.897. The molecule has 1 rings (SSSR count). The second kappa shape index (κ2) is 4.67. The molecule has 0 saturated heterocycles. The highest BCUT2D eigenvalue weighted by atomic mass is 16.5. The molecule has 0 aromatic carbocycles. The summed E-state index contributed by atoms with van der Waals surface area (Å²) in [6.07, 6.45) is 1.66. The maximum atomic E-state index is 8.81. The van der Waals surface area contributed by atoms with Crippen molar-refractivity contribution >= 4 is 5.69 Å². The van der Waals surface area contributed by atoms with Crippen molar-refractivity contribution in [2.24, 2.45) is 0 Å². The first-order valence-electron chi connectivity index (χ1n) is 4.13. The van der Waals surface area contributed by atoms with Gasteiger partial charge in [0.15, 0.2) is 0 Å². The van der Waals surface area contributed by atoms with Crippen LogP contribution in [0.4, 0.5) is 5.69 Å². The van der Waals surface area contributed by atoms with E-state index in [9.17, 15) is 0 Å². The Labute approximate surface area is 77.6 Å². The van der Waals surface area contributed by atoms with E-state index in [0.717, 1.165) is 5.69 Å². The van der Waals surface area contributed by atoms with Gasteiger partial charge in [-0.05, 0) is 13.0 Å². The van der Waals surface area contributed by atoms with Crippen molar-refractivity contribution in [1.82, 2.24) is 4.98 Å². The number of rotatable bonds is 4. The molecule has 1 aromatic heterocycles. The summed E-state index contributed by atoms with van der Waals surface area (Å²) in [6.45, 7) is 2.00. The minimum absolute atomic E-state index is 0.0344. The molecule has 1 atom stereocenters. The molecular formula is C9H14N2O2. The van der Waals surface area contributed by atoms with Crippen molar-refractivity contribution in [2.45, 2.75) is 13.0 Å². The smallest absolute Gasteiger partial charge is 0.214 e. The van der Waals surface area contributed by atoms with Gasteiger partial charge in [0.2, 0.25) is 5.88 Å². The molecule has 0 aliphatic rings. The van der Waals surface area contributed by atoms with Crippen LogP contribution in [0.3, 0.4) is 0 Å². The van der Waals surface area contributed by atoms with Crippen LogP contribution in [0.5, 0.6) is 5.88 Å². The predicted molar refractivity (Wildman–Crippen MR) is 51.0 cm³/mol. The highest BCUT2D eigenvalue weighted by molar-refractivity contribution is 5.45. The van der Waals surface area contributed by atoms with Crippen LogP contribution in [0, 0.1) is 0 Å². The Bertz CT molecular complexity index is 266. The summed E-state index contributed by atoms with van der Waals surface area (Å²) < 4.78 is 4.96. The molecule has 72 valence electrons. The first kappa shape index (κ1) is 9.80. The molecule has 0 bridgehead atoms. The lowest BCUT2D eigenvalue weighted by Crippen LogP contribution is -2.19. The number of anilines is 1. The molecule has 13 heavy (non-hydrogen) atoms. The summed E-state index contributed by atoms with van der Waals surface area (Å²) in [7, 11) is 1.57. The van der Waals surface area contributed by atoms with Gasteiger partial charge in [0.25, 0.3) is 0 Å². The summed E-state index contributed by atoms with van der Waals surface area (Å²) in [5.74, 6) is 0.565. The number of aliphatic hydroxyl groups is 1. The predicted octanol–water partition coefficient (Wildman–Crippen LogP) is 0.883. The normalized spacial score (nSPS) is 12.2. The quantitative estimate of drug-likeness (QED) is 0.726. The lowest BCUT2D eigenvalue weighted by Gasteiger charge is -2.12. The second-order valence-electron chi connectivity index (χ2n) is 2.81. The van der Waals surface area contributed by atoms with Gasteiger partial charge < -0.3 is 15.2 Å².